The third-order valence-electron chi connectivity index (χ3n) is 2.48. The fourth-order valence-corrected chi connectivity index (χ4v) is 1.49. The van der Waals surface area contributed by atoms with Gasteiger partial charge in [0.1, 0.15) is 0 Å². The second kappa shape index (κ2) is 6.11. The first-order chi connectivity index (χ1) is 7.13. The molecule has 1 aromatic rings. The standard InChI is InChI=1S/C12H18ClNO/c1-9(2)12(8-15)14-7-10-3-5-11(13)6-4-10/h3-6,9,12,14-15H,7-8H2,1-2H3. The van der Waals surface area contributed by atoms with Gasteiger partial charge in [-0.1, -0.05) is 37.6 Å². The summed E-state index contributed by atoms with van der Waals surface area (Å²) in [6, 6.07) is 7.89. The van der Waals surface area contributed by atoms with Crippen molar-refractivity contribution in [1.82, 2.24) is 5.32 Å². The molecule has 2 nitrogen and oxygen atoms in total. The molecular weight excluding hydrogens is 210 g/mol. The molecule has 1 unspecified atom stereocenters. The summed E-state index contributed by atoms with van der Waals surface area (Å²) in [6.45, 7) is 5.12. The average Bonchev–Trinajstić information content (AvgIpc) is 2.21. The minimum absolute atomic E-state index is 0.153. The molecule has 0 amide bonds. The first kappa shape index (κ1) is 12.5. The zero-order chi connectivity index (χ0) is 11.3. The van der Waals surface area contributed by atoms with E-state index in [1.54, 1.807) is 0 Å². The van der Waals surface area contributed by atoms with Crippen molar-refractivity contribution in [2.45, 2.75) is 26.4 Å². The van der Waals surface area contributed by atoms with E-state index in [0.29, 0.717) is 5.92 Å². The molecule has 3 heteroatoms. The fourth-order valence-electron chi connectivity index (χ4n) is 1.36. The highest BCUT2D eigenvalue weighted by molar-refractivity contribution is 6.30. The number of aliphatic hydroxyl groups excluding tert-OH is 1. The van der Waals surface area contributed by atoms with Crippen LogP contribution < -0.4 is 5.32 Å². The van der Waals surface area contributed by atoms with Crippen LogP contribution >= 0.6 is 11.6 Å². The molecule has 0 heterocycles. The van der Waals surface area contributed by atoms with Crippen LogP contribution in [0.2, 0.25) is 5.02 Å². The Bertz CT molecular complexity index is 284. The van der Waals surface area contributed by atoms with Gasteiger partial charge in [0.2, 0.25) is 0 Å². The Balaban J connectivity index is 2.45. The first-order valence-corrected chi connectivity index (χ1v) is 5.60. The van der Waals surface area contributed by atoms with E-state index in [2.05, 4.69) is 19.2 Å². The predicted molar refractivity (Wildman–Crippen MR) is 64.0 cm³/mol. The topological polar surface area (TPSA) is 32.3 Å². The second-order valence-electron chi connectivity index (χ2n) is 4.04. The Kier molecular flexibility index (Phi) is 5.09. The quantitative estimate of drug-likeness (QED) is 0.810. The van der Waals surface area contributed by atoms with Gasteiger partial charge in [-0.15, -0.1) is 0 Å². The van der Waals surface area contributed by atoms with Gasteiger partial charge in [-0.2, -0.15) is 0 Å². The maximum Gasteiger partial charge on any atom is 0.0587 e. The van der Waals surface area contributed by atoms with Crippen LogP contribution in [-0.2, 0) is 6.54 Å². The van der Waals surface area contributed by atoms with Crippen LogP contribution in [0.4, 0.5) is 0 Å². The molecule has 84 valence electrons. The number of aliphatic hydroxyl groups is 1. The van der Waals surface area contributed by atoms with E-state index >= 15 is 0 Å². The number of hydrogen-bond donors (Lipinski definition) is 2. The van der Waals surface area contributed by atoms with Crippen molar-refractivity contribution >= 4 is 11.6 Å². The average molecular weight is 228 g/mol. The molecule has 1 atom stereocenters. The Labute approximate surface area is 96.3 Å². The highest BCUT2D eigenvalue weighted by Crippen LogP contribution is 2.10. The minimum Gasteiger partial charge on any atom is -0.395 e. The van der Waals surface area contributed by atoms with Gasteiger partial charge >= 0.3 is 0 Å². The lowest BCUT2D eigenvalue weighted by atomic mass is 10.1. The third-order valence-corrected chi connectivity index (χ3v) is 2.74. The highest BCUT2D eigenvalue weighted by atomic mass is 35.5. The molecule has 0 radical (unpaired) electrons. The van der Waals surface area contributed by atoms with E-state index in [0.717, 1.165) is 11.6 Å². The fraction of sp³-hybridized carbons (Fsp3) is 0.500. The van der Waals surface area contributed by atoms with Crippen molar-refractivity contribution in [2.24, 2.45) is 5.92 Å². The molecule has 1 rings (SSSR count). The Hall–Kier alpha value is -0.570. The van der Waals surface area contributed by atoms with E-state index in [1.807, 2.05) is 24.3 Å². The number of halogens is 1. The number of hydrogen-bond acceptors (Lipinski definition) is 2. The van der Waals surface area contributed by atoms with Gasteiger partial charge in [0.25, 0.3) is 0 Å². The largest absolute Gasteiger partial charge is 0.395 e. The van der Waals surface area contributed by atoms with Crippen LogP contribution in [-0.4, -0.2) is 17.8 Å². The van der Waals surface area contributed by atoms with Crippen molar-refractivity contribution in [3.8, 4) is 0 Å². The smallest absolute Gasteiger partial charge is 0.0587 e. The maximum atomic E-state index is 9.13. The molecule has 0 aliphatic rings. The van der Waals surface area contributed by atoms with Crippen LogP contribution in [0.1, 0.15) is 19.4 Å². The van der Waals surface area contributed by atoms with Crippen LogP contribution in [0.3, 0.4) is 0 Å². The summed E-state index contributed by atoms with van der Waals surface area (Å²) >= 11 is 5.79. The lowest BCUT2D eigenvalue weighted by Gasteiger charge is -2.19. The van der Waals surface area contributed by atoms with Crippen molar-refractivity contribution < 1.29 is 5.11 Å². The monoisotopic (exact) mass is 227 g/mol. The Morgan fingerprint density at radius 3 is 2.33 bits per heavy atom. The first-order valence-electron chi connectivity index (χ1n) is 5.22. The van der Waals surface area contributed by atoms with Gasteiger partial charge in [0, 0.05) is 17.6 Å². The Morgan fingerprint density at radius 2 is 1.87 bits per heavy atom. The van der Waals surface area contributed by atoms with Crippen LogP contribution in [0.15, 0.2) is 24.3 Å². The Morgan fingerprint density at radius 1 is 1.27 bits per heavy atom. The van der Waals surface area contributed by atoms with Crippen LogP contribution in [0.5, 0.6) is 0 Å². The lowest BCUT2D eigenvalue weighted by molar-refractivity contribution is 0.210. The molecular formula is C12H18ClNO. The van der Waals surface area contributed by atoms with Gasteiger partial charge in [-0.05, 0) is 23.6 Å². The normalized spacial score (nSPS) is 13.1. The third kappa shape index (κ3) is 4.20. The molecule has 15 heavy (non-hydrogen) atoms. The molecule has 0 saturated heterocycles. The summed E-state index contributed by atoms with van der Waals surface area (Å²) in [6.07, 6.45) is 0. The van der Waals surface area contributed by atoms with Gasteiger partial charge in [-0.25, -0.2) is 0 Å². The molecule has 2 N–H and O–H groups in total. The molecule has 0 fully saturated rings. The maximum absolute atomic E-state index is 9.13. The van der Waals surface area contributed by atoms with Gasteiger partial charge in [0.15, 0.2) is 0 Å². The SMILES string of the molecule is CC(C)C(CO)NCc1ccc(Cl)cc1. The van der Waals surface area contributed by atoms with Crippen LogP contribution in [0.25, 0.3) is 0 Å². The summed E-state index contributed by atoms with van der Waals surface area (Å²) in [7, 11) is 0. The summed E-state index contributed by atoms with van der Waals surface area (Å²) in [4.78, 5) is 0. The number of nitrogens with one attached hydrogen (secondary N) is 1. The highest BCUT2D eigenvalue weighted by Gasteiger charge is 2.10. The summed E-state index contributed by atoms with van der Waals surface area (Å²) in [5, 5.41) is 13.2. The van der Waals surface area contributed by atoms with Gasteiger partial charge < -0.3 is 10.4 Å². The summed E-state index contributed by atoms with van der Waals surface area (Å²) in [5.74, 6) is 0.433. The summed E-state index contributed by atoms with van der Waals surface area (Å²) in [5.41, 5.74) is 1.18. The number of benzene rings is 1. The van der Waals surface area contributed by atoms with E-state index in [-0.39, 0.29) is 12.6 Å². The van der Waals surface area contributed by atoms with E-state index in [4.69, 9.17) is 16.7 Å². The molecule has 0 aliphatic heterocycles. The lowest BCUT2D eigenvalue weighted by Crippen LogP contribution is -2.36. The van der Waals surface area contributed by atoms with E-state index < -0.39 is 0 Å². The summed E-state index contributed by atoms with van der Waals surface area (Å²) < 4.78 is 0. The van der Waals surface area contributed by atoms with Crippen molar-refractivity contribution in [3.63, 3.8) is 0 Å². The molecule has 0 saturated carbocycles. The zero-order valence-corrected chi connectivity index (χ0v) is 9.96. The minimum atomic E-state index is 0.153. The number of rotatable bonds is 5. The molecule has 0 aliphatic carbocycles. The zero-order valence-electron chi connectivity index (χ0n) is 9.20. The van der Waals surface area contributed by atoms with Crippen molar-refractivity contribution in [3.05, 3.63) is 34.9 Å². The van der Waals surface area contributed by atoms with Gasteiger partial charge in [0.05, 0.1) is 6.61 Å². The molecule has 0 bridgehead atoms. The van der Waals surface area contributed by atoms with E-state index in [1.165, 1.54) is 5.56 Å². The molecule has 0 aromatic heterocycles. The predicted octanol–water partition coefficient (Wildman–Crippen LogP) is 2.45. The molecule has 1 aromatic carbocycles. The van der Waals surface area contributed by atoms with Gasteiger partial charge in [-0.3, -0.25) is 0 Å². The molecule has 0 spiro atoms. The van der Waals surface area contributed by atoms with E-state index in [9.17, 15) is 0 Å². The second-order valence-corrected chi connectivity index (χ2v) is 4.48. The van der Waals surface area contributed by atoms with Crippen LogP contribution in [0, 0.1) is 5.92 Å². The van der Waals surface area contributed by atoms with Crippen molar-refractivity contribution in [2.75, 3.05) is 6.61 Å². The van der Waals surface area contributed by atoms with Crippen molar-refractivity contribution in [1.29, 1.82) is 0 Å².